The first-order chi connectivity index (χ1) is 7.66. The van der Waals surface area contributed by atoms with Gasteiger partial charge in [-0.3, -0.25) is 0 Å². The van der Waals surface area contributed by atoms with E-state index < -0.39 is 0 Å². The van der Waals surface area contributed by atoms with E-state index in [1.807, 2.05) is 0 Å². The van der Waals surface area contributed by atoms with Crippen LogP contribution in [0.4, 0.5) is 15.9 Å². The lowest BCUT2D eigenvalue weighted by Crippen LogP contribution is -1.96. The Hall–Kier alpha value is -1.20. The van der Waals surface area contributed by atoms with Gasteiger partial charge in [-0.15, -0.1) is 0 Å². The highest BCUT2D eigenvalue weighted by molar-refractivity contribution is 9.10. The highest BCUT2D eigenvalue weighted by Crippen LogP contribution is 2.28. The zero-order valence-electron chi connectivity index (χ0n) is 7.92. The number of halogens is 3. The molecule has 1 heterocycles. The van der Waals surface area contributed by atoms with E-state index in [1.54, 1.807) is 12.1 Å². The maximum absolute atomic E-state index is 12.9. The van der Waals surface area contributed by atoms with Crippen molar-refractivity contribution in [2.24, 2.45) is 0 Å². The fourth-order valence-corrected chi connectivity index (χ4v) is 1.58. The van der Waals surface area contributed by atoms with Gasteiger partial charge in [-0.1, -0.05) is 17.7 Å². The number of anilines is 2. The molecule has 0 atom stereocenters. The lowest BCUT2D eigenvalue weighted by molar-refractivity contribution is 0.628. The number of hydrogen-bond donors (Lipinski definition) is 1. The summed E-state index contributed by atoms with van der Waals surface area (Å²) in [5.41, 5.74) is 0.593. The first kappa shape index (κ1) is 11.3. The highest BCUT2D eigenvalue weighted by atomic mass is 79.9. The second kappa shape index (κ2) is 4.76. The summed E-state index contributed by atoms with van der Waals surface area (Å²) in [6.45, 7) is 0. The van der Waals surface area contributed by atoms with Crippen LogP contribution in [-0.2, 0) is 0 Å². The molecule has 2 rings (SSSR count). The van der Waals surface area contributed by atoms with Crippen molar-refractivity contribution in [3.8, 4) is 0 Å². The third-order valence-corrected chi connectivity index (χ3v) is 3.10. The molecule has 0 spiro atoms. The molecule has 6 heteroatoms. The second-order valence-corrected chi connectivity index (χ2v) is 4.11. The minimum atomic E-state index is -0.318. The minimum absolute atomic E-state index is 0.300. The molecule has 16 heavy (non-hydrogen) atoms. The summed E-state index contributed by atoms with van der Waals surface area (Å²) in [4.78, 5) is 7.78. The van der Waals surface area contributed by atoms with Crippen molar-refractivity contribution in [3.63, 3.8) is 0 Å². The molecule has 2 aromatic rings. The van der Waals surface area contributed by atoms with Crippen LogP contribution in [0.1, 0.15) is 0 Å². The van der Waals surface area contributed by atoms with E-state index in [0.29, 0.717) is 21.1 Å². The molecule has 82 valence electrons. The smallest absolute Gasteiger partial charge is 0.149 e. The number of aromatic nitrogens is 2. The lowest BCUT2D eigenvalue weighted by atomic mass is 10.3. The van der Waals surface area contributed by atoms with Gasteiger partial charge in [0.15, 0.2) is 0 Å². The molecule has 0 amide bonds. The zero-order valence-corrected chi connectivity index (χ0v) is 10.3. The maximum Gasteiger partial charge on any atom is 0.149 e. The molecular formula is C10H6BrClFN3. The first-order valence-corrected chi connectivity index (χ1v) is 5.52. The SMILES string of the molecule is Fc1cccc(Nc2ncnc(Cl)c2Br)c1. The van der Waals surface area contributed by atoms with E-state index in [4.69, 9.17) is 11.6 Å². The van der Waals surface area contributed by atoms with Gasteiger partial charge < -0.3 is 5.32 Å². The monoisotopic (exact) mass is 301 g/mol. The Bertz CT molecular complexity index is 521. The van der Waals surface area contributed by atoms with Crippen molar-refractivity contribution in [1.29, 1.82) is 0 Å². The largest absolute Gasteiger partial charge is 0.339 e. The van der Waals surface area contributed by atoms with Crippen LogP contribution in [0.25, 0.3) is 0 Å². The number of nitrogens with zero attached hydrogens (tertiary/aromatic N) is 2. The van der Waals surface area contributed by atoms with Gasteiger partial charge >= 0.3 is 0 Å². The Morgan fingerprint density at radius 3 is 2.88 bits per heavy atom. The fourth-order valence-electron chi connectivity index (χ4n) is 1.14. The van der Waals surface area contributed by atoms with Crippen LogP contribution in [-0.4, -0.2) is 9.97 Å². The highest BCUT2D eigenvalue weighted by Gasteiger charge is 2.06. The standard InChI is InChI=1S/C10H6BrClFN3/c11-8-9(12)14-5-15-10(8)16-7-3-1-2-6(13)4-7/h1-5H,(H,14,15,16). The average Bonchev–Trinajstić information content (AvgIpc) is 2.25. The van der Waals surface area contributed by atoms with Gasteiger partial charge in [-0.25, -0.2) is 14.4 Å². The first-order valence-electron chi connectivity index (χ1n) is 4.35. The molecule has 0 fully saturated rings. The Morgan fingerprint density at radius 1 is 1.31 bits per heavy atom. The number of hydrogen-bond acceptors (Lipinski definition) is 3. The van der Waals surface area contributed by atoms with Gasteiger partial charge in [0.25, 0.3) is 0 Å². The van der Waals surface area contributed by atoms with Crippen LogP contribution in [0.5, 0.6) is 0 Å². The topological polar surface area (TPSA) is 37.8 Å². The van der Waals surface area contributed by atoms with E-state index in [-0.39, 0.29) is 5.82 Å². The van der Waals surface area contributed by atoms with E-state index in [2.05, 4.69) is 31.2 Å². The predicted octanol–water partition coefficient (Wildman–Crippen LogP) is 3.78. The van der Waals surface area contributed by atoms with Crippen molar-refractivity contribution in [1.82, 2.24) is 9.97 Å². The summed E-state index contributed by atoms with van der Waals surface area (Å²) in [7, 11) is 0. The predicted molar refractivity (Wildman–Crippen MR) is 64.4 cm³/mol. The van der Waals surface area contributed by atoms with Crippen LogP contribution in [0.2, 0.25) is 5.15 Å². The van der Waals surface area contributed by atoms with Crippen LogP contribution in [0.3, 0.4) is 0 Å². The molecule has 0 aliphatic carbocycles. The van der Waals surface area contributed by atoms with Gasteiger partial charge in [0.05, 0.1) is 4.47 Å². The molecule has 0 aliphatic rings. The average molecular weight is 303 g/mol. The van der Waals surface area contributed by atoms with E-state index in [1.165, 1.54) is 18.5 Å². The molecule has 0 saturated carbocycles. The Labute approximate surface area is 105 Å². The van der Waals surface area contributed by atoms with Crippen LogP contribution < -0.4 is 5.32 Å². The summed E-state index contributed by atoms with van der Waals surface area (Å²) in [5.74, 6) is 0.173. The summed E-state index contributed by atoms with van der Waals surface area (Å²) in [6.07, 6.45) is 1.33. The van der Waals surface area contributed by atoms with Crippen molar-refractivity contribution in [3.05, 3.63) is 46.0 Å². The second-order valence-electron chi connectivity index (χ2n) is 2.96. The Morgan fingerprint density at radius 2 is 2.12 bits per heavy atom. The molecule has 1 aromatic carbocycles. The summed E-state index contributed by atoms with van der Waals surface area (Å²) < 4.78 is 13.5. The van der Waals surface area contributed by atoms with Gasteiger partial charge in [0.2, 0.25) is 0 Å². The number of nitrogens with one attached hydrogen (secondary N) is 1. The summed E-state index contributed by atoms with van der Waals surface area (Å²) in [5, 5.41) is 3.23. The maximum atomic E-state index is 12.9. The Kier molecular flexibility index (Phi) is 3.36. The molecule has 1 aromatic heterocycles. The third-order valence-electron chi connectivity index (χ3n) is 1.83. The normalized spacial score (nSPS) is 10.2. The van der Waals surface area contributed by atoms with Crippen molar-refractivity contribution >= 4 is 39.0 Å². The van der Waals surface area contributed by atoms with Gasteiger partial charge in [-0.2, -0.15) is 0 Å². The Balaban J connectivity index is 2.31. The third kappa shape index (κ3) is 2.48. The van der Waals surface area contributed by atoms with E-state index in [9.17, 15) is 4.39 Å². The molecule has 0 unspecified atom stereocenters. The summed E-state index contributed by atoms with van der Waals surface area (Å²) in [6, 6.07) is 6.07. The molecule has 0 saturated heterocycles. The fraction of sp³-hybridized carbons (Fsp3) is 0. The van der Waals surface area contributed by atoms with E-state index >= 15 is 0 Å². The number of benzene rings is 1. The zero-order chi connectivity index (χ0) is 11.5. The van der Waals surface area contributed by atoms with Crippen LogP contribution in [0, 0.1) is 5.82 Å². The van der Waals surface area contributed by atoms with Gasteiger partial charge in [-0.05, 0) is 34.1 Å². The molecule has 3 nitrogen and oxygen atoms in total. The van der Waals surface area contributed by atoms with Gasteiger partial charge in [0, 0.05) is 5.69 Å². The quantitative estimate of drug-likeness (QED) is 0.858. The number of rotatable bonds is 2. The molecule has 1 N–H and O–H groups in total. The summed E-state index contributed by atoms with van der Waals surface area (Å²) >= 11 is 9.04. The van der Waals surface area contributed by atoms with Crippen molar-refractivity contribution in [2.45, 2.75) is 0 Å². The minimum Gasteiger partial charge on any atom is -0.339 e. The van der Waals surface area contributed by atoms with Gasteiger partial charge in [0.1, 0.15) is 23.1 Å². The molecular weight excluding hydrogens is 296 g/mol. The van der Waals surface area contributed by atoms with Crippen LogP contribution in [0.15, 0.2) is 35.1 Å². The van der Waals surface area contributed by atoms with Crippen LogP contribution >= 0.6 is 27.5 Å². The van der Waals surface area contributed by atoms with Crippen molar-refractivity contribution in [2.75, 3.05) is 5.32 Å². The van der Waals surface area contributed by atoms with E-state index in [0.717, 1.165) is 0 Å². The molecule has 0 aliphatic heterocycles. The molecule has 0 radical (unpaired) electrons. The van der Waals surface area contributed by atoms with Crippen molar-refractivity contribution < 1.29 is 4.39 Å². The lowest BCUT2D eigenvalue weighted by Gasteiger charge is -2.07. The molecule has 0 bridgehead atoms.